The minimum absolute atomic E-state index is 0. The van der Waals surface area contributed by atoms with Crippen molar-refractivity contribution in [3.05, 3.63) is 29.8 Å². The van der Waals surface area contributed by atoms with Gasteiger partial charge < -0.3 is 15.8 Å². The van der Waals surface area contributed by atoms with E-state index in [1.54, 1.807) is 0 Å². The van der Waals surface area contributed by atoms with E-state index in [2.05, 4.69) is 5.32 Å². The van der Waals surface area contributed by atoms with Gasteiger partial charge in [0.05, 0.1) is 6.61 Å². The van der Waals surface area contributed by atoms with Crippen LogP contribution in [0.1, 0.15) is 19.3 Å². The summed E-state index contributed by atoms with van der Waals surface area (Å²) in [7, 11) is 0. The highest BCUT2D eigenvalue weighted by Gasteiger charge is 2.05. The Balaban J connectivity index is 0.00000361. The zero-order valence-electron chi connectivity index (χ0n) is 11.0. The molecule has 4 nitrogen and oxygen atoms in total. The van der Waals surface area contributed by atoms with Gasteiger partial charge in [-0.15, -0.1) is 12.4 Å². The first-order chi connectivity index (χ1) is 9.13. The maximum atomic E-state index is 13.2. The van der Waals surface area contributed by atoms with E-state index in [9.17, 15) is 13.6 Å². The molecule has 0 aliphatic carbocycles. The zero-order chi connectivity index (χ0) is 14.1. The molecule has 0 fully saturated rings. The molecule has 7 heteroatoms. The number of amides is 1. The summed E-state index contributed by atoms with van der Waals surface area (Å²) in [6, 6.07) is 3.11. The number of benzene rings is 1. The molecule has 0 aliphatic rings. The van der Waals surface area contributed by atoms with Crippen LogP contribution in [-0.2, 0) is 4.79 Å². The van der Waals surface area contributed by atoms with E-state index in [-0.39, 0.29) is 30.7 Å². The van der Waals surface area contributed by atoms with Crippen molar-refractivity contribution in [3.63, 3.8) is 0 Å². The Morgan fingerprint density at radius 2 is 2.05 bits per heavy atom. The van der Waals surface area contributed by atoms with E-state index in [0.717, 1.165) is 18.6 Å². The molecule has 0 radical (unpaired) electrons. The summed E-state index contributed by atoms with van der Waals surface area (Å²) in [6.07, 6.45) is 1.50. The molecular weight excluding hydrogens is 290 g/mol. The van der Waals surface area contributed by atoms with Crippen LogP contribution >= 0.6 is 12.4 Å². The van der Waals surface area contributed by atoms with Crippen LogP contribution in [0.2, 0.25) is 0 Å². The average Bonchev–Trinajstić information content (AvgIpc) is 2.37. The van der Waals surface area contributed by atoms with E-state index in [1.165, 1.54) is 6.07 Å². The number of ether oxygens (including phenoxy) is 1. The van der Waals surface area contributed by atoms with Gasteiger partial charge in [-0.05, 0) is 31.5 Å². The van der Waals surface area contributed by atoms with E-state index < -0.39 is 11.6 Å². The van der Waals surface area contributed by atoms with Crippen LogP contribution in [0.4, 0.5) is 8.78 Å². The fourth-order valence-electron chi connectivity index (χ4n) is 1.43. The minimum atomic E-state index is -0.743. The first kappa shape index (κ1) is 18.6. The van der Waals surface area contributed by atoms with Crippen LogP contribution in [0.3, 0.4) is 0 Å². The van der Waals surface area contributed by atoms with Gasteiger partial charge >= 0.3 is 0 Å². The lowest BCUT2D eigenvalue weighted by Crippen LogP contribution is -2.26. The van der Waals surface area contributed by atoms with Crippen LogP contribution in [0.15, 0.2) is 18.2 Å². The van der Waals surface area contributed by atoms with E-state index in [0.29, 0.717) is 25.9 Å². The monoisotopic (exact) mass is 308 g/mol. The SMILES string of the molecule is Cl.NCCCNC(=O)CCCOc1ccc(F)cc1F. The summed E-state index contributed by atoms with van der Waals surface area (Å²) < 4.78 is 30.9. The molecule has 0 unspecified atom stereocenters. The van der Waals surface area contributed by atoms with Crippen molar-refractivity contribution < 1.29 is 18.3 Å². The van der Waals surface area contributed by atoms with Gasteiger partial charge in [-0.1, -0.05) is 0 Å². The highest BCUT2D eigenvalue weighted by atomic mass is 35.5. The molecule has 0 saturated heterocycles. The maximum Gasteiger partial charge on any atom is 0.220 e. The standard InChI is InChI=1S/C13H18F2N2O2.ClH/c14-10-4-5-12(11(15)9-10)19-8-1-3-13(18)17-7-2-6-16;/h4-5,9H,1-3,6-8,16H2,(H,17,18);1H. The van der Waals surface area contributed by atoms with Crippen molar-refractivity contribution in [2.45, 2.75) is 19.3 Å². The number of hydrogen-bond acceptors (Lipinski definition) is 3. The van der Waals surface area contributed by atoms with E-state index in [4.69, 9.17) is 10.5 Å². The Hall–Kier alpha value is -1.40. The molecule has 0 aliphatic heterocycles. The van der Waals surface area contributed by atoms with Crippen molar-refractivity contribution in [3.8, 4) is 5.75 Å². The second-order valence-corrected chi connectivity index (χ2v) is 4.02. The Morgan fingerprint density at radius 1 is 1.30 bits per heavy atom. The summed E-state index contributed by atoms with van der Waals surface area (Å²) in [5, 5.41) is 2.70. The third kappa shape index (κ3) is 7.25. The molecule has 3 N–H and O–H groups in total. The number of carbonyl (C=O) groups excluding carboxylic acids is 1. The Labute approximate surface area is 123 Å². The van der Waals surface area contributed by atoms with E-state index in [1.807, 2.05) is 0 Å². The van der Waals surface area contributed by atoms with Crippen LogP contribution in [0.5, 0.6) is 5.75 Å². The number of hydrogen-bond donors (Lipinski definition) is 2. The van der Waals surface area contributed by atoms with Gasteiger partial charge in [0.1, 0.15) is 5.82 Å². The molecule has 1 aromatic rings. The lowest BCUT2D eigenvalue weighted by Gasteiger charge is -2.07. The molecule has 1 aromatic carbocycles. The van der Waals surface area contributed by atoms with Gasteiger partial charge in [-0.2, -0.15) is 0 Å². The molecule has 1 amide bonds. The Bertz CT molecular complexity index is 419. The van der Waals surface area contributed by atoms with Crippen molar-refractivity contribution in [2.24, 2.45) is 5.73 Å². The fourth-order valence-corrected chi connectivity index (χ4v) is 1.43. The van der Waals surface area contributed by atoms with Gasteiger partial charge in [0.2, 0.25) is 5.91 Å². The number of halogens is 3. The molecule has 0 heterocycles. The summed E-state index contributed by atoms with van der Waals surface area (Å²) in [5.41, 5.74) is 5.29. The van der Waals surface area contributed by atoms with Crippen LogP contribution in [0.25, 0.3) is 0 Å². The zero-order valence-corrected chi connectivity index (χ0v) is 11.8. The molecule has 0 aromatic heterocycles. The fraction of sp³-hybridized carbons (Fsp3) is 0.462. The number of nitrogens with two attached hydrogens (primary N) is 1. The normalized spacial score (nSPS) is 9.75. The molecule has 20 heavy (non-hydrogen) atoms. The largest absolute Gasteiger partial charge is 0.491 e. The second-order valence-electron chi connectivity index (χ2n) is 4.02. The van der Waals surface area contributed by atoms with Gasteiger partial charge in [0.25, 0.3) is 0 Å². The number of rotatable bonds is 8. The topological polar surface area (TPSA) is 64.3 Å². The first-order valence-corrected chi connectivity index (χ1v) is 6.18. The predicted octanol–water partition coefficient (Wildman–Crippen LogP) is 2.01. The lowest BCUT2D eigenvalue weighted by molar-refractivity contribution is -0.121. The van der Waals surface area contributed by atoms with Crippen molar-refractivity contribution in [1.29, 1.82) is 0 Å². The Morgan fingerprint density at radius 3 is 2.70 bits per heavy atom. The second kappa shape index (κ2) is 10.4. The summed E-state index contributed by atoms with van der Waals surface area (Å²) in [6.45, 7) is 1.29. The lowest BCUT2D eigenvalue weighted by atomic mass is 10.3. The summed E-state index contributed by atoms with van der Waals surface area (Å²) in [5.74, 6) is -1.49. The van der Waals surface area contributed by atoms with E-state index >= 15 is 0 Å². The predicted molar refractivity (Wildman–Crippen MR) is 75.0 cm³/mol. The van der Waals surface area contributed by atoms with Gasteiger partial charge in [-0.25, -0.2) is 8.78 Å². The number of carbonyl (C=O) groups is 1. The average molecular weight is 309 g/mol. The van der Waals surface area contributed by atoms with Crippen LogP contribution in [-0.4, -0.2) is 25.6 Å². The minimum Gasteiger partial charge on any atom is -0.491 e. The highest BCUT2D eigenvalue weighted by molar-refractivity contribution is 5.85. The third-order valence-corrected chi connectivity index (χ3v) is 2.40. The van der Waals surface area contributed by atoms with Gasteiger partial charge in [0.15, 0.2) is 11.6 Å². The third-order valence-electron chi connectivity index (χ3n) is 2.40. The van der Waals surface area contributed by atoms with Crippen LogP contribution in [0, 0.1) is 11.6 Å². The highest BCUT2D eigenvalue weighted by Crippen LogP contribution is 2.17. The summed E-state index contributed by atoms with van der Waals surface area (Å²) >= 11 is 0. The maximum absolute atomic E-state index is 13.2. The first-order valence-electron chi connectivity index (χ1n) is 6.18. The molecule has 0 atom stereocenters. The quantitative estimate of drug-likeness (QED) is 0.722. The molecule has 114 valence electrons. The van der Waals surface area contributed by atoms with Crippen LogP contribution < -0.4 is 15.8 Å². The van der Waals surface area contributed by atoms with Gasteiger partial charge in [0, 0.05) is 19.0 Å². The van der Waals surface area contributed by atoms with Gasteiger partial charge in [-0.3, -0.25) is 4.79 Å². The van der Waals surface area contributed by atoms with Crippen molar-refractivity contribution >= 4 is 18.3 Å². The smallest absolute Gasteiger partial charge is 0.220 e. The molecule has 0 bridgehead atoms. The molecule has 1 rings (SSSR count). The summed E-state index contributed by atoms with van der Waals surface area (Å²) in [4.78, 5) is 11.3. The molecule has 0 saturated carbocycles. The number of nitrogens with one attached hydrogen (secondary N) is 1. The van der Waals surface area contributed by atoms with Crippen molar-refractivity contribution in [1.82, 2.24) is 5.32 Å². The molecular formula is C13H19ClF2N2O2. The molecule has 0 spiro atoms. The Kier molecular flexibility index (Phi) is 9.67. The van der Waals surface area contributed by atoms with Crippen molar-refractivity contribution in [2.75, 3.05) is 19.7 Å².